The number of hydrogen-bond donors (Lipinski definition) is 1. The van der Waals surface area contributed by atoms with Crippen molar-refractivity contribution in [3.63, 3.8) is 0 Å². The molecule has 0 aliphatic heterocycles. The average Bonchev–Trinajstić information content (AvgIpc) is 2.77. The molecular weight excluding hydrogens is 258 g/mol. The topological polar surface area (TPSA) is 53.1 Å². The Morgan fingerprint density at radius 3 is 2.84 bits per heavy atom. The molecule has 1 aromatic carbocycles. The average molecular weight is 275 g/mol. The summed E-state index contributed by atoms with van der Waals surface area (Å²) in [7, 11) is 1.92. The largest absolute Gasteiger partial charge is 0.487 e. The number of rotatable bonds is 5. The number of nitrogens with two attached hydrogens (primary N) is 1. The summed E-state index contributed by atoms with van der Waals surface area (Å²) in [5, 5.41) is 4.38. The van der Waals surface area contributed by atoms with Gasteiger partial charge < -0.3 is 10.5 Å². The predicted molar refractivity (Wildman–Crippen MR) is 79.2 cm³/mol. The van der Waals surface area contributed by atoms with Gasteiger partial charge in [-0.05, 0) is 24.6 Å². The predicted octanol–water partition coefficient (Wildman–Crippen LogP) is 2.20. The summed E-state index contributed by atoms with van der Waals surface area (Å²) in [6.07, 6.45) is 0.921. The van der Waals surface area contributed by atoms with Crippen LogP contribution in [0.25, 0.3) is 0 Å². The Hall–Kier alpha value is -1.88. The van der Waals surface area contributed by atoms with Crippen molar-refractivity contribution in [3.05, 3.63) is 47.3 Å². The van der Waals surface area contributed by atoms with Crippen molar-refractivity contribution < 1.29 is 4.74 Å². The number of aryl methyl sites for hydroxylation is 2. The van der Waals surface area contributed by atoms with Crippen molar-refractivity contribution in [3.8, 4) is 5.75 Å². The molecule has 1 aromatic heterocycles. The summed E-state index contributed by atoms with van der Waals surface area (Å²) in [5.41, 5.74) is 8.52. The molecule has 4 nitrogen and oxygen atoms in total. The van der Waals surface area contributed by atoms with Crippen LogP contribution in [-0.4, -0.2) is 14.8 Å². The fraction of sp³-hybridized carbons (Fsp3) is 0.286. The maximum atomic E-state index is 5.75. The lowest BCUT2D eigenvalue weighted by molar-refractivity contribution is 0.295. The molecule has 2 aromatic rings. The summed E-state index contributed by atoms with van der Waals surface area (Å²) in [6.45, 7) is 2.56. The second-order valence-electron chi connectivity index (χ2n) is 4.28. The highest BCUT2D eigenvalue weighted by Crippen LogP contribution is 2.15. The van der Waals surface area contributed by atoms with Crippen molar-refractivity contribution in [2.45, 2.75) is 20.0 Å². The highest BCUT2D eigenvalue weighted by molar-refractivity contribution is 7.80. The molecule has 100 valence electrons. The van der Waals surface area contributed by atoms with E-state index in [2.05, 4.69) is 18.1 Å². The van der Waals surface area contributed by atoms with Crippen LogP contribution < -0.4 is 10.5 Å². The third-order valence-electron chi connectivity index (χ3n) is 2.89. The molecule has 0 spiro atoms. The zero-order chi connectivity index (χ0) is 13.8. The van der Waals surface area contributed by atoms with Gasteiger partial charge in [-0.1, -0.05) is 31.3 Å². The molecule has 2 rings (SSSR count). The minimum Gasteiger partial charge on any atom is -0.487 e. The first-order valence-electron chi connectivity index (χ1n) is 6.14. The van der Waals surface area contributed by atoms with E-state index in [4.69, 9.17) is 22.7 Å². The normalized spacial score (nSPS) is 10.4. The van der Waals surface area contributed by atoms with Gasteiger partial charge in [-0.15, -0.1) is 0 Å². The van der Waals surface area contributed by atoms with Gasteiger partial charge in [0.2, 0.25) is 0 Å². The minimum atomic E-state index is 0.374. The van der Waals surface area contributed by atoms with E-state index in [1.807, 2.05) is 36.0 Å². The zero-order valence-corrected chi connectivity index (χ0v) is 11.9. The molecular formula is C14H17N3OS. The minimum absolute atomic E-state index is 0.374. The van der Waals surface area contributed by atoms with Gasteiger partial charge in [-0.25, -0.2) is 0 Å². The molecule has 0 atom stereocenters. The van der Waals surface area contributed by atoms with Crippen LogP contribution in [0.2, 0.25) is 0 Å². The lowest BCUT2D eigenvalue weighted by Gasteiger charge is -2.07. The molecule has 0 amide bonds. The highest BCUT2D eigenvalue weighted by atomic mass is 32.1. The summed E-state index contributed by atoms with van der Waals surface area (Å²) >= 11 is 4.95. The van der Waals surface area contributed by atoms with Crippen LogP contribution in [-0.2, 0) is 20.1 Å². The van der Waals surface area contributed by atoms with Crippen LogP contribution in [0.4, 0.5) is 0 Å². The van der Waals surface area contributed by atoms with Crippen LogP contribution >= 0.6 is 12.2 Å². The van der Waals surface area contributed by atoms with Gasteiger partial charge in [0.05, 0.1) is 11.4 Å². The summed E-state index contributed by atoms with van der Waals surface area (Å²) in [4.78, 5) is 0.374. The van der Waals surface area contributed by atoms with E-state index in [1.165, 1.54) is 0 Å². The van der Waals surface area contributed by atoms with Gasteiger partial charge in [-0.2, -0.15) is 5.10 Å². The van der Waals surface area contributed by atoms with Crippen LogP contribution in [0.5, 0.6) is 5.75 Å². The van der Waals surface area contributed by atoms with Crippen molar-refractivity contribution in [1.82, 2.24) is 9.78 Å². The van der Waals surface area contributed by atoms with Crippen LogP contribution in [0.15, 0.2) is 30.3 Å². The molecule has 0 aliphatic carbocycles. The molecule has 5 heteroatoms. The zero-order valence-electron chi connectivity index (χ0n) is 11.1. The summed E-state index contributed by atoms with van der Waals surface area (Å²) < 4.78 is 7.59. The Kier molecular flexibility index (Phi) is 4.16. The fourth-order valence-corrected chi connectivity index (χ4v) is 1.90. The van der Waals surface area contributed by atoms with E-state index in [-0.39, 0.29) is 0 Å². The fourth-order valence-electron chi connectivity index (χ4n) is 1.78. The Morgan fingerprint density at radius 2 is 2.21 bits per heavy atom. The van der Waals surface area contributed by atoms with Gasteiger partial charge in [0.15, 0.2) is 0 Å². The molecule has 2 N–H and O–H groups in total. The molecule has 0 aliphatic rings. The molecule has 0 fully saturated rings. The Morgan fingerprint density at radius 1 is 1.42 bits per heavy atom. The van der Waals surface area contributed by atoms with Crippen LogP contribution in [0, 0.1) is 0 Å². The molecule has 0 radical (unpaired) electrons. The highest BCUT2D eigenvalue weighted by Gasteiger charge is 2.05. The van der Waals surface area contributed by atoms with E-state index < -0.39 is 0 Å². The number of thiocarbonyl (C=S) groups is 1. The maximum absolute atomic E-state index is 5.75. The Bertz CT molecular complexity index is 592. The number of aromatic nitrogens is 2. The van der Waals surface area contributed by atoms with Crippen LogP contribution in [0.3, 0.4) is 0 Å². The third-order valence-corrected chi connectivity index (χ3v) is 3.13. The van der Waals surface area contributed by atoms with Crippen molar-refractivity contribution in [2.24, 2.45) is 12.8 Å². The number of ether oxygens (including phenoxy) is 1. The van der Waals surface area contributed by atoms with Crippen molar-refractivity contribution in [2.75, 3.05) is 0 Å². The second kappa shape index (κ2) is 5.84. The van der Waals surface area contributed by atoms with Gasteiger partial charge in [0, 0.05) is 12.6 Å². The lowest BCUT2D eigenvalue weighted by Crippen LogP contribution is -2.09. The molecule has 0 saturated heterocycles. The third kappa shape index (κ3) is 3.32. The van der Waals surface area contributed by atoms with E-state index in [0.29, 0.717) is 11.6 Å². The SMILES string of the molecule is CCc1cc(COc2cccc(C(N)=S)c2)n(C)n1. The first-order valence-corrected chi connectivity index (χ1v) is 6.55. The lowest BCUT2D eigenvalue weighted by atomic mass is 10.2. The standard InChI is InChI=1S/C14H17N3OS/c1-3-11-8-12(17(2)16-11)9-18-13-6-4-5-10(7-13)14(15)19/h4-8H,3,9H2,1-2H3,(H2,15,19). The Labute approximate surface area is 118 Å². The quantitative estimate of drug-likeness (QED) is 0.850. The Balaban J connectivity index is 2.07. The van der Waals surface area contributed by atoms with Gasteiger partial charge in [-0.3, -0.25) is 4.68 Å². The van der Waals surface area contributed by atoms with Gasteiger partial charge >= 0.3 is 0 Å². The molecule has 19 heavy (non-hydrogen) atoms. The molecule has 0 saturated carbocycles. The molecule has 0 unspecified atom stereocenters. The monoisotopic (exact) mass is 275 g/mol. The van der Waals surface area contributed by atoms with Gasteiger partial charge in [0.1, 0.15) is 17.3 Å². The summed E-state index contributed by atoms with van der Waals surface area (Å²) in [5.74, 6) is 0.754. The van der Waals surface area contributed by atoms with E-state index in [1.54, 1.807) is 0 Å². The van der Waals surface area contributed by atoms with E-state index in [9.17, 15) is 0 Å². The number of benzene rings is 1. The second-order valence-corrected chi connectivity index (χ2v) is 4.72. The summed E-state index contributed by atoms with van der Waals surface area (Å²) in [6, 6.07) is 9.54. The van der Waals surface area contributed by atoms with Gasteiger partial charge in [0.25, 0.3) is 0 Å². The molecule has 1 heterocycles. The van der Waals surface area contributed by atoms with Crippen molar-refractivity contribution >= 4 is 17.2 Å². The molecule has 0 bridgehead atoms. The first-order chi connectivity index (χ1) is 9.10. The maximum Gasteiger partial charge on any atom is 0.130 e. The number of hydrogen-bond acceptors (Lipinski definition) is 3. The van der Waals surface area contributed by atoms with Crippen LogP contribution in [0.1, 0.15) is 23.9 Å². The van der Waals surface area contributed by atoms with E-state index >= 15 is 0 Å². The first kappa shape index (κ1) is 13.5. The van der Waals surface area contributed by atoms with Crippen molar-refractivity contribution in [1.29, 1.82) is 0 Å². The van der Waals surface area contributed by atoms with E-state index in [0.717, 1.165) is 29.1 Å². The number of nitrogens with zero attached hydrogens (tertiary/aromatic N) is 2. The smallest absolute Gasteiger partial charge is 0.130 e.